The summed E-state index contributed by atoms with van der Waals surface area (Å²) >= 11 is 3.52. The Morgan fingerprint density at radius 1 is 0.661 bits per heavy atom. The second-order valence-electron chi connectivity index (χ2n) is 17.0. The molecule has 8 rings (SSSR count). The van der Waals surface area contributed by atoms with Crippen LogP contribution in [0.5, 0.6) is 0 Å². The van der Waals surface area contributed by atoms with E-state index in [2.05, 4.69) is 70.8 Å². The first-order valence-electron chi connectivity index (χ1n) is 21.2. The second-order valence-corrected chi connectivity index (χ2v) is 19.5. The van der Waals surface area contributed by atoms with Crippen LogP contribution in [0.3, 0.4) is 0 Å². The molecule has 0 unspecified atom stereocenters. The van der Waals surface area contributed by atoms with Crippen LogP contribution in [0, 0.1) is 25.7 Å². The molecular weight excluding hydrogens is 825 g/mol. The summed E-state index contributed by atoms with van der Waals surface area (Å²) in [5.74, 6) is 0.941. The number of aromatic amines is 2. The second kappa shape index (κ2) is 17.6. The van der Waals surface area contributed by atoms with Crippen molar-refractivity contribution in [2.75, 3.05) is 27.3 Å². The highest BCUT2D eigenvalue weighted by molar-refractivity contribution is 7.20. The fraction of sp³-hybridized carbons (Fsp3) is 0.435. The first-order chi connectivity index (χ1) is 29.8. The fourth-order valence-corrected chi connectivity index (χ4v) is 11.2. The Hall–Kier alpha value is -5.74. The van der Waals surface area contributed by atoms with Gasteiger partial charge in [-0.3, -0.25) is 9.59 Å². The van der Waals surface area contributed by atoms with Crippen LogP contribution in [0.15, 0.2) is 48.8 Å². The van der Waals surface area contributed by atoms with Gasteiger partial charge in [0.2, 0.25) is 11.8 Å². The van der Waals surface area contributed by atoms with Gasteiger partial charge < -0.3 is 39.9 Å². The Labute approximate surface area is 368 Å². The number of hydrogen-bond acceptors (Lipinski definition) is 10. The molecule has 4 N–H and O–H groups in total. The number of aryl methyl sites for hydroxylation is 2. The monoisotopic (exact) mass is 878 g/mol. The number of rotatable bonds is 11. The summed E-state index contributed by atoms with van der Waals surface area (Å²) in [5.41, 5.74) is 6.13. The number of nitrogens with one attached hydrogen (secondary N) is 4. The van der Waals surface area contributed by atoms with Gasteiger partial charge in [-0.25, -0.2) is 19.6 Å². The molecule has 4 amide bonds. The molecule has 0 aliphatic carbocycles. The minimum absolute atomic E-state index is 0.118. The minimum atomic E-state index is -0.704. The Morgan fingerprint density at radius 2 is 1.08 bits per heavy atom. The summed E-state index contributed by atoms with van der Waals surface area (Å²) in [6.45, 7) is 13.1. The first kappa shape index (κ1) is 42.9. The van der Waals surface area contributed by atoms with Crippen LogP contribution in [0.1, 0.15) is 86.9 Å². The zero-order chi connectivity index (χ0) is 44.0. The van der Waals surface area contributed by atoms with E-state index < -0.39 is 24.3 Å². The summed E-state index contributed by atoms with van der Waals surface area (Å²) in [4.78, 5) is 74.7. The van der Waals surface area contributed by atoms with Crippen LogP contribution in [0.25, 0.3) is 53.8 Å². The van der Waals surface area contributed by atoms with Gasteiger partial charge in [-0.05, 0) is 69.1 Å². The molecule has 2 aromatic carbocycles. The quantitative estimate of drug-likeness (QED) is 0.0996. The van der Waals surface area contributed by atoms with Crippen LogP contribution < -0.4 is 10.6 Å². The molecule has 14 nitrogen and oxygen atoms in total. The average molecular weight is 879 g/mol. The zero-order valence-electron chi connectivity index (χ0n) is 36.4. The number of imidazole rings is 2. The van der Waals surface area contributed by atoms with Gasteiger partial charge in [0.1, 0.15) is 23.7 Å². The molecule has 2 saturated heterocycles. The van der Waals surface area contributed by atoms with Crippen molar-refractivity contribution in [2.45, 2.75) is 91.4 Å². The van der Waals surface area contributed by atoms with Gasteiger partial charge in [0.25, 0.3) is 0 Å². The van der Waals surface area contributed by atoms with Crippen molar-refractivity contribution in [1.29, 1.82) is 0 Å². The number of H-pyrrole nitrogens is 2. The standard InChI is InChI=1S/C46H54N8O6S2/c1-23(2)37(51-45(57)59-7)43(55)53-17-9-11-35(53)41-47-21-33(49-41)28-14-15-29(39-32(28)20-26(6)61-39)27-13-16-30(40-31(27)19-25(5)62-40)34-22-48-42(50-34)36-12-10-18-54(36)44(56)38(24(3)4)52-46(58)60-8/h13-16,19-24,35-38H,9-12,17-18H2,1-8H3,(H,47,49)(H,48,50)(H,51,57)(H,52,58)/t35-,36-,37-,38-/m0/s1. The third-order valence-electron chi connectivity index (χ3n) is 12.2. The number of alkyl carbamates (subject to hydrolysis) is 2. The van der Waals surface area contributed by atoms with E-state index in [1.807, 2.05) is 49.9 Å². The van der Waals surface area contributed by atoms with Crippen molar-refractivity contribution in [1.82, 2.24) is 40.4 Å². The first-order valence-corrected chi connectivity index (χ1v) is 22.9. The van der Waals surface area contributed by atoms with Gasteiger partial charge in [-0.15, -0.1) is 22.7 Å². The number of nitrogens with zero attached hydrogens (tertiary/aromatic N) is 4. The normalized spacial score (nSPS) is 17.6. The average Bonchev–Trinajstić information content (AvgIpc) is 4.11. The maximum absolute atomic E-state index is 13.8. The lowest BCUT2D eigenvalue weighted by Gasteiger charge is -2.30. The largest absolute Gasteiger partial charge is 0.453 e. The number of fused-ring (bicyclic) bond motifs is 2. The number of carbonyl (C=O) groups excluding carboxylic acids is 4. The lowest BCUT2D eigenvalue weighted by molar-refractivity contribution is -0.136. The molecule has 2 aliphatic rings. The van der Waals surface area contributed by atoms with Crippen molar-refractivity contribution in [2.24, 2.45) is 11.8 Å². The number of benzene rings is 2. The van der Waals surface area contributed by atoms with E-state index in [0.29, 0.717) is 13.1 Å². The minimum Gasteiger partial charge on any atom is -0.453 e. The lowest BCUT2D eigenvalue weighted by Crippen LogP contribution is -2.51. The van der Waals surface area contributed by atoms with Gasteiger partial charge in [-0.1, -0.05) is 52.0 Å². The number of likely N-dealkylation sites (tertiary alicyclic amines) is 2. The molecule has 16 heteroatoms. The summed E-state index contributed by atoms with van der Waals surface area (Å²) in [6, 6.07) is 11.3. The Bertz CT molecular complexity index is 2480. The van der Waals surface area contributed by atoms with Gasteiger partial charge in [-0.2, -0.15) is 0 Å². The maximum Gasteiger partial charge on any atom is 0.407 e. The highest BCUT2D eigenvalue weighted by atomic mass is 32.1. The number of aromatic nitrogens is 4. The summed E-state index contributed by atoms with van der Waals surface area (Å²) < 4.78 is 11.9. The summed E-state index contributed by atoms with van der Waals surface area (Å²) in [5, 5.41) is 7.74. The van der Waals surface area contributed by atoms with Crippen LogP contribution in [-0.2, 0) is 19.1 Å². The zero-order valence-corrected chi connectivity index (χ0v) is 38.0. The van der Waals surface area contributed by atoms with E-state index in [-0.39, 0.29) is 35.7 Å². The molecule has 326 valence electrons. The molecule has 6 heterocycles. The van der Waals surface area contributed by atoms with E-state index in [4.69, 9.17) is 19.4 Å². The highest BCUT2D eigenvalue weighted by Gasteiger charge is 2.39. The molecule has 6 aromatic rings. The van der Waals surface area contributed by atoms with E-state index >= 15 is 0 Å². The topological polar surface area (TPSA) is 175 Å². The molecule has 4 atom stereocenters. The van der Waals surface area contributed by atoms with E-state index in [1.165, 1.54) is 28.7 Å². The summed E-state index contributed by atoms with van der Waals surface area (Å²) in [6.07, 6.45) is 5.70. The molecule has 0 radical (unpaired) electrons. The molecule has 4 aromatic heterocycles. The number of methoxy groups -OCH3 is 2. The van der Waals surface area contributed by atoms with Crippen molar-refractivity contribution in [3.8, 4) is 33.6 Å². The summed E-state index contributed by atoms with van der Waals surface area (Å²) in [7, 11) is 2.60. The van der Waals surface area contributed by atoms with Gasteiger partial charge >= 0.3 is 12.2 Å². The van der Waals surface area contributed by atoms with Crippen molar-refractivity contribution < 1.29 is 28.7 Å². The van der Waals surface area contributed by atoms with Gasteiger partial charge in [0, 0.05) is 59.7 Å². The van der Waals surface area contributed by atoms with Gasteiger partial charge in [0.15, 0.2) is 0 Å². The van der Waals surface area contributed by atoms with E-state index in [1.54, 1.807) is 22.7 Å². The van der Waals surface area contributed by atoms with E-state index in [0.717, 1.165) is 86.4 Å². The van der Waals surface area contributed by atoms with Crippen LogP contribution in [0.4, 0.5) is 9.59 Å². The van der Waals surface area contributed by atoms with Crippen molar-refractivity contribution in [3.63, 3.8) is 0 Å². The number of amides is 4. The number of ether oxygens (including phenoxy) is 2. The Morgan fingerprint density at radius 3 is 1.56 bits per heavy atom. The molecule has 2 aliphatic heterocycles. The molecule has 0 bridgehead atoms. The molecule has 0 saturated carbocycles. The van der Waals surface area contributed by atoms with Crippen molar-refractivity contribution in [3.05, 3.63) is 70.2 Å². The molecule has 2 fully saturated rings. The third-order valence-corrected chi connectivity index (χ3v) is 14.3. The predicted octanol–water partition coefficient (Wildman–Crippen LogP) is 9.27. The van der Waals surface area contributed by atoms with Crippen molar-refractivity contribution >= 4 is 66.8 Å². The maximum atomic E-state index is 13.8. The molecule has 62 heavy (non-hydrogen) atoms. The van der Waals surface area contributed by atoms with Gasteiger partial charge in [0.05, 0.1) is 50.1 Å². The number of thiophene rings is 2. The Kier molecular flexibility index (Phi) is 12.2. The smallest absolute Gasteiger partial charge is 0.407 e. The number of carbonyl (C=O) groups is 4. The van der Waals surface area contributed by atoms with Crippen LogP contribution in [0.2, 0.25) is 0 Å². The third kappa shape index (κ3) is 8.05. The van der Waals surface area contributed by atoms with Crippen LogP contribution >= 0.6 is 22.7 Å². The highest BCUT2D eigenvalue weighted by Crippen LogP contribution is 2.46. The molecule has 0 spiro atoms. The predicted molar refractivity (Wildman–Crippen MR) is 243 cm³/mol. The Balaban J connectivity index is 1.08. The SMILES string of the molecule is COC(=O)N[C@H](C(=O)N1CCC[C@H]1c1ncc(-c2ccc(-c3ccc(-c4cnc([C@@H]5CCCN5C(=O)[C@@H](NC(=O)OC)C(C)C)[nH]4)c4sc(C)cc34)c3sc(C)cc23)[nH]1)C(C)C. The van der Waals surface area contributed by atoms with Crippen LogP contribution in [-0.4, -0.2) is 93.1 Å². The van der Waals surface area contributed by atoms with E-state index in [9.17, 15) is 19.2 Å². The lowest BCUT2D eigenvalue weighted by atomic mass is 9.95. The molecular formula is C46H54N8O6S2. The fourth-order valence-electron chi connectivity index (χ4n) is 9.06. The number of hydrogen-bond donors (Lipinski definition) is 4.